The second kappa shape index (κ2) is 9.49. The second-order valence-corrected chi connectivity index (χ2v) is 7.68. The van der Waals surface area contributed by atoms with E-state index in [9.17, 15) is 13.6 Å². The fourth-order valence-corrected chi connectivity index (χ4v) is 3.97. The minimum absolute atomic E-state index is 0.282. The van der Waals surface area contributed by atoms with Crippen LogP contribution in [0.1, 0.15) is 33.5 Å². The minimum atomic E-state index is -2.21. The Labute approximate surface area is 173 Å². The number of nitrogens with zero attached hydrogens (tertiary/aromatic N) is 1. The van der Waals surface area contributed by atoms with E-state index in [2.05, 4.69) is 0 Å². The Balaban J connectivity index is 1.80. The molecule has 3 rings (SSSR count). The number of benzene rings is 3. The third-order valence-electron chi connectivity index (χ3n) is 4.69. The summed E-state index contributed by atoms with van der Waals surface area (Å²) in [6, 6.07) is 22.0. The number of hydrogen-bond donors (Lipinski definition) is 2. The zero-order valence-corrected chi connectivity index (χ0v) is 16.9. The molecule has 2 N–H and O–H groups in total. The highest BCUT2D eigenvalue weighted by atomic mass is 32.2. The lowest BCUT2D eigenvalue weighted by Gasteiger charge is -2.23. The highest BCUT2D eigenvalue weighted by molar-refractivity contribution is 7.81. The van der Waals surface area contributed by atoms with Crippen molar-refractivity contribution in [2.75, 3.05) is 4.31 Å². The van der Waals surface area contributed by atoms with E-state index >= 15 is 0 Å². The lowest BCUT2D eigenvalue weighted by molar-refractivity contribution is 0.0696. The van der Waals surface area contributed by atoms with E-state index in [0.717, 1.165) is 29.5 Å². The van der Waals surface area contributed by atoms with Crippen molar-refractivity contribution in [1.29, 1.82) is 0 Å². The number of anilines is 2. The van der Waals surface area contributed by atoms with Gasteiger partial charge >= 0.3 is 5.97 Å². The van der Waals surface area contributed by atoms with E-state index in [1.165, 1.54) is 4.31 Å². The molecule has 150 valence electrons. The average Bonchev–Trinajstić information content (AvgIpc) is 2.69. The Morgan fingerprint density at radius 1 is 0.966 bits per heavy atom. The normalized spacial score (nSPS) is 11.8. The van der Waals surface area contributed by atoms with E-state index in [4.69, 9.17) is 5.11 Å². The summed E-state index contributed by atoms with van der Waals surface area (Å²) in [5.74, 6) is -0.934. The molecular formula is C23H23NO4S. The lowest BCUT2D eigenvalue weighted by atomic mass is 10.0. The number of para-hydroxylation sites is 1. The average molecular weight is 410 g/mol. The highest BCUT2D eigenvalue weighted by Crippen LogP contribution is 2.31. The third kappa shape index (κ3) is 5.31. The largest absolute Gasteiger partial charge is 0.478 e. The summed E-state index contributed by atoms with van der Waals surface area (Å²) in [7, 11) is 0. The van der Waals surface area contributed by atoms with Gasteiger partial charge in [0.1, 0.15) is 0 Å². The van der Waals surface area contributed by atoms with Gasteiger partial charge in [0.05, 0.1) is 16.9 Å². The van der Waals surface area contributed by atoms with E-state index in [1.807, 2.05) is 61.5 Å². The van der Waals surface area contributed by atoms with E-state index in [-0.39, 0.29) is 5.56 Å². The molecule has 0 bridgehead atoms. The van der Waals surface area contributed by atoms with Crippen molar-refractivity contribution in [2.45, 2.75) is 26.2 Å². The van der Waals surface area contributed by atoms with Crippen molar-refractivity contribution in [1.82, 2.24) is 0 Å². The van der Waals surface area contributed by atoms with Crippen molar-refractivity contribution >= 4 is 28.6 Å². The molecular weight excluding hydrogens is 386 g/mol. The Hall–Kier alpha value is -2.96. The number of aromatic carboxylic acids is 1. The summed E-state index contributed by atoms with van der Waals surface area (Å²) in [5, 5.41) is 9.13. The molecule has 0 aromatic heterocycles. The monoisotopic (exact) mass is 409 g/mol. The van der Waals surface area contributed by atoms with Gasteiger partial charge in [-0.25, -0.2) is 13.3 Å². The molecule has 0 radical (unpaired) electrons. The predicted molar refractivity (Wildman–Crippen MR) is 116 cm³/mol. The summed E-state index contributed by atoms with van der Waals surface area (Å²) in [6.07, 6.45) is 2.22. The minimum Gasteiger partial charge on any atom is -0.478 e. The van der Waals surface area contributed by atoms with Gasteiger partial charge in [0, 0.05) is 0 Å². The second-order valence-electron chi connectivity index (χ2n) is 6.85. The Morgan fingerprint density at radius 3 is 2.45 bits per heavy atom. The molecule has 0 spiro atoms. The quantitative estimate of drug-likeness (QED) is 0.505. The first-order valence-electron chi connectivity index (χ1n) is 9.33. The number of carboxylic acid groups (broad SMARTS) is 1. The van der Waals surface area contributed by atoms with Crippen LogP contribution in [0.15, 0.2) is 72.8 Å². The van der Waals surface area contributed by atoms with Crippen LogP contribution in [0.25, 0.3) is 0 Å². The van der Waals surface area contributed by atoms with Crippen LogP contribution in [0.4, 0.5) is 11.4 Å². The number of aryl methyl sites for hydroxylation is 3. The third-order valence-corrected chi connectivity index (χ3v) is 5.41. The standard InChI is InChI=1S/C23H23NO4S/c1-17-7-4-13-21(15-17)24(29(27)28)22-14-3-2-10-19(22)11-5-8-18-9-6-12-20(16-18)23(25)26/h2-4,6-7,9-10,12-16H,5,8,11H2,1H3,(H,25,26)(H,27,28). The van der Waals surface area contributed by atoms with Crippen molar-refractivity contribution in [3.63, 3.8) is 0 Å². The Morgan fingerprint density at radius 2 is 1.72 bits per heavy atom. The van der Waals surface area contributed by atoms with E-state index in [0.29, 0.717) is 17.8 Å². The van der Waals surface area contributed by atoms with Gasteiger partial charge in [0.25, 0.3) is 11.3 Å². The van der Waals surface area contributed by atoms with Gasteiger partial charge in [-0.2, -0.15) is 0 Å². The molecule has 1 atom stereocenters. The molecule has 0 aliphatic heterocycles. The number of carbonyl (C=O) groups is 1. The fraction of sp³-hybridized carbons (Fsp3) is 0.174. The number of hydrogen-bond acceptors (Lipinski definition) is 2. The first kappa shape index (κ1) is 20.8. The fourth-order valence-electron chi connectivity index (χ4n) is 3.33. The van der Waals surface area contributed by atoms with Crippen LogP contribution in [-0.4, -0.2) is 19.8 Å². The maximum absolute atomic E-state index is 12.1. The van der Waals surface area contributed by atoms with Gasteiger partial charge in [-0.15, -0.1) is 0 Å². The Kier molecular flexibility index (Phi) is 6.80. The molecule has 6 heteroatoms. The van der Waals surface area contributed by atoms with Crippen LogP contribution in [0, 0.1) is 6.92 Å². The topological polar surface area (TPSA) is 77.8 Å². The van der Waals surface area contributed by atoms with Crippen LogP contribution in [0.3, 0.4) is 0 Å². The van der Waals surface area contributed by atoms with Crippen LogP contribution < -0.4 is 4.31 Å². The molecule has 3 aromatic rings. The van der Waals surface area contributed by atoms with Gasteiger partial charge in [-0.1, -0.05) is 42.5 Å². The van der Waals surface area contributed by atoms with Crippen molar-refractivity contribution < 1.29 is 18.7 Å². The summed E-state index contributed by atoms with van der Waals surface area (Å²) in [4.78, 5) is 11.1. The van der Waals surface area contributed by atoms with Crippen molar-refractivity contribution in [3.05, 3.63) is 95.1 Å². The first-order chi connectivity index (χ1) is 14.0. The van der Waals surface area contributed by atoms with Crippen molar-refractivity contribution in [2.24, 2.45) is 0 Å². The first-order valence-corrected chi connectivity index (χ1v) is 10.4. The summed E-state index contributed by atoms with van der Waals surface area (Å²) >= 11 is -2.21. The maximum atomic E-state index is 12.1. The molecule has 0 heterocycles. The van der Waals surface area contributed by atoms with Crippen molar-refractivity contribution in [3.8, 4) is 0 Å². The lowest BCUT2D eigenvalue weighted by Crippen LogP contribution is -2.20. The van der Waals surface area contributed by atoms with E-state index < -0.39 is 17.2 Å². The van der Waals surface area contributed by atoms with E-state index in [1.54, 1.807) is 18.2 Å². The maximum Gasteiger partial charge on any atom is 0.335 e. The van der Waals surface area contributed by atoms with Gasteiger partial charge in [-0.3, -0.25) is 4.55 Å². The molecule has 0 fully saturated rings. The number of carboxylic acids is 1. The molecule has 5 nitrogen and oxygen atoms in total. The zero-order valence-electron chi connectivity index (χ0n) is 16.1. The summed E-state index contributed by atoms with van der Waals surface area (Å²) in [6.45, 7) is 1.94. The van der Waals surface area contributed by atoms with Gasteiger partial charge in [0.2, 0.25) is 0 Å². The summed E-state index contributed by atoms with van der Waals surface area (Å²) < 4.78 is 23.5. The number of rotatable bonds is 8. The summed E-state index contributed by atoms with van der Waals surface area (Å²) in [5.41, 5.74) is 4.57. The van der Waals surface area contributed by atoms with Crippen LogP contribution in [0.5, 0.6) is 0 Å². The molecule has 0 saturated heterocycles. The van der Waals surface area contributed by atoms with Crippen LogP contribution >= 0.6 is 0 Å². The van der Waals surface area contributed by atoms with Gasteiger partial charge < -0.3 is 5.11 Å². The highest BCUT2D eigenvalue weighted by Gasteiger charge is 2.18. The SMILES string of the molecule is Cc1cccc(N(c2ccccc2CCCc2cccc(C(=O)O)c2)S(=O)O)c1. The molecule has 0 aliphatic rings. The molecule has 29 heavy (non-hydrogen) atoms. The zero-order chi connectivity index (χ0) is 20.8. The Bertz CT molecular complexity index is 1030. The molecule has 0 aliphatic carbocycles. The van der Waals surface area contributed by atoms with Crippen LogP contribution in [0.2, 0.25) is 0 Å². The molecule has 3 aromatic carbocycles. The van der Waals surface area contributed by atoms with Gasteiger partial charge in [0.15, 0.2) is 0 Å². The molecule has 0 amide bonds. The van der Waals surface area contributed by atoms with Gasteiger partial charge in [-0.05, 0) is 73.2 Å². The van der Waals surface area contributed by atoms with Crippen LogP contribution in [-0.2, 0) is 24.1 Å². The predicted octanol–water partition coefficient (Wildman–Crippen LogP) is 5.14. The molecule has 1 unspecified atom stereocenters. The smallest absolute Gasteiger partial charge is 0.335 e. The molecule has 0 saturated carbocycles.